The number of anilines is 1. The molecule has 0 fully saturated rings. The predicted molar refractivity (Wildman–Crippen MR) is 63.4 cm³/mol. The van der Waals surface area contributed by atoms with E-state index in [0.29, 0.717) is 17.3 Å². The third-order valence-electron chi connectivity index (χ3n) is 2.13. The summed E-state index contributed by atoms with van der Waals surface area (Å²) in [7, 11) is 1.52. The number of benzene rings is 1. The molecule has 0 saturated carbocycles. The molecule has 1 heterocycles. The quantitative estimate of drug-likeness (QED) is 0.812. The van der Waals surface area contributed by atoms with E-state index < -0.39 is 0 Å². The molecule has 0 saturated heterocycles. The maximum atomic E-state index is 5.81. The van der Waals surface area contributed by atoms with Crippen molar-refractivity contribution in [2.24, 2.45) is 0 Å². The molecular formula is C11H10ClN3O. The Hall–Kier alpha value is -1.81. The number of nitrogens with two attached hydrogens (primary N) is 1. The van der Waals surface area contributed by atoms with Crippen LogP contribution in [0.4, 0.5) is 5.82 Å². The van der Waals surface area contributed by atoms with Crippen molar-refractivity contribution >= 4 is 17.4 Å². The SMILES string of the molecule is COc1nc(Cl)nc(N)c1-c1ccccc1. The van der Waals surface area contributed by atoms with E-state index in [9.17, 15) is 0 Å². The topological polar surface area (TPSA) is 61.0 Å². The Morgan fingerprint density at radius 2 is 1.88 bits per heavy atom. The fraction of sp³-hybridized carbons (Fsp3) is 0.0909. The molecule has 82 valence electrons. The minimum atomic E-state index is 0.0778. The van der Waals surface area contributed by atoms with Gasteiger partial charge >= 0.3 is 0 Å². The van der Waals surface area contributed by atoms with Gasteiger partial charge in [-0.05, 0) is 17.2 Å². The van der Waals surface area contributed by atoms with Crippen molar-refractivity contribution in [3.05, 3.63) is 35.6 Å². The fourth-order valence-corrected chi connectivity index (χ4v) is 1.62. The summed E-state index contributed by atoms with van der Waals surface area (Å²) in [6.07, 6.45) is 0. The molecule has 4 nitrogen and oxygen atoms in total. The summed E-state index contributed by atoms with van der Waals surface area (Å²) >= 11 is 5.71. The lowest BCUT2D eigenvalue weighted by molar-refractivity contribution is 0.399. The van der Waals surface area contributed by atoms with Crippen LogP contribution in [0.25, 0.3) is 11.1 Å². The second-order valence-corrected chi connectivity index (χ2v) is 3.47. The number of aromatic nitrogens is 2. The Morgan fingerprint density at radius 3 is 2.50 bits per heavy atom. The van der Waals surface area contributed by atoms with Gasteiger partial charge in [0.2, 0.25) is 11.2 Å². The number of hydrogen-bond donors (Lipinski definition) is 1. The van der Waals surface area contributed by atoms with E-state index in [0.717, 1.165) is 5.56 Å². The number of hydrogen-bond acceptors (Lipinski definition) is 4. The minimum Gasteiger partial charge on any atom is -0.480 e. The standard InChI is InChI=1S/C11H10ClN3O/c1-16-10-8(7-5-3-2-4-6-7)9(13)14-11(12)15-10/h2-6H,1H3,(H2,13,14,15). The average molecular weight is 236 g/mol. The summed E-state index contributed by atoms with van der Waals surface area (Å²) in [5, 5.41) is 0.0778. The molecule has 0 radical (unpaired) electrons. The third kappa shape index (κ3) is 1.92. The molecule has 2 aromatic rings. The van der Waals surface area contributed by atoms with Gasteiger partial charge in [-0.1, -0.05) is 30.3 Å². The molecular weight excluding hydrogens is 226 g/mol. The van der Waals surface area contributed by atoms with Crippen molar-refractivity contribution in [1.29, 1.82) is 0 Å². The first-order valence-electron chi connectivity index (χ1n) is 4.65. The molecule has 2 rings (SSSR count). The minimum absolute atomic E-state index is 0.0778. The zero-order valence-electron chi connectivity index (χ0n) is 8.64. The Labute approximate surface area is 98.0 Å². The van der Waals surface area contributed by atoms with Crippen molar-refractivity contribution in [2.45, 2.75) is 0 Å². The van der Waals surface area contributed by atoms with E-state index >= 15 is 0 Å². The van der Waals surface area contributed by atoms with E-state index in [1.807, 2.05) is 30.3 Å². The molecule has 0 spiro atoms. The normalized spacial score (nSPS) is 10.1. The first kappa shape index (κ1) is 10.7. The summed E-state index contributed by atoms with van der Waals surface area (Å²) in [6, 6.07) is 9.55. The first-order valence-corrected chi connectivity index (χ1v) is 5.02. The molecule has 0 atom stereocenters. The van der Waals surface area contributed by atoms with E-state index in [-0.39, 0.29) is 5.28 Å². The second kappa shape index (κ2) is 4.37. The third-order valence-corrected chi connectivity index (χ3v) is 2.30. The lowest BCUT2D eigenvalue weighted by atomic mass is 10.1. The van der Waals surface area contributed by atoms with Crippen LogP contribution in [0.2, 0.25) is 5.28 Å². The fourth-order valence-electron chi connectivity index (χ4n) is 1.45. The van der Waals surface area contributed by atoms with E-state index in [2.05, 4.69) is 9.97 Å². The van der Waals surface area contributed by atoms with Crippen LogP contribution in [0.15, 0.2) is 30.3 Å². The Kier molecular flexibility index (Phi) is 2.92. The number of nitrogen functional groups attached to an aromatic ring is 1. The molecule has 0 aliphatic carbocycles. The van der Waals surface area contributed by atoms with Gasteiger partial charge in [0.1, 0.15) is 5.82 Å². The van der Waals surface area contributed by atoms with Crippen LogP contribution < -0.4 is 10.5 Å². The maximum Gasteiger partial charge on any atom is 0.227 e. The summed E-state index contributed by atoms with van der Waals surface area (Å²) in [5.74, 6) is 0.687. The van der Waals surface area contributed by atoms with Gasteiger partial charge in [-0.3, -0.25) is 0 Å². The lowest BCUT2D eigenvalue weighted by Gasteiger charge is -2.09. The molecule has 16 heavy (non-hydrogen) atoms. The van der Waals surface area contributed by atoms with E-state index in [1.54, 1.807) is 0 Å². The lowest BCUT2D eigenvalue weighted by Crippen LogP contribution is -2.00. The van der Waals surface area contributed by atoms with Gasteiger partial charge in [0.25, 0.3) is 0 Å². The van der Waals surface area contributed by atoms with Gasteiger partial charge in [-0.25, -0.2) is 4.98 Å². The van der Waals surface area contributed by atoms with Crippen molar-refractivity contribution in [1.82, 2.24) is 9.97 Å². The number of methoxy groups -OCH3 is 1. The molecule has 0 amide bonds. The van der Waals surface area contributed by atoms with Crippen molar-refractivity contribution in [3.63, 3.8) is 0 Å². The monoisotopic (exact) mass is 235 g/mol. The zero-order chi connectivity index (χ0) is 11.5. The van der Waals surface area contributed by atoms with Crippen LogP contribution in [0.3, 0.4) is 0 Å². The Bertz CT molecular complexity index is 502. The van der Waals surface area contributed by atoms with Crippen molar-refractivity contribution in [2.75, 3.05) is 12.8 Å². The molecule has 0 aliphatic rings. The molecule has 1 aromatic heterocycles. The molecule has 0 bridgehead atoms. The number of halogens is 1. The summed E-state index contributed by atoms with van der Waals surface area (Å²) in [4.78, 5) is 7.89. The molecule has 0 aliphatic heterocycles. The largest absolute Gasteiger partial charge is 0.480 e. The van der Waals surface area contributed by atoms with Gasteiger partial charge in [0.05, 0.1) is 12.7 Å². The number of ether oxygens (including phenoxy) is 1. The summed E-state index contributed by atoms with van der Waals surface area (Å²) in [6.45, 7) is 0. The van der Waals surface area contributed by atoms with Crippen LogP contribution in [-0.4, -0.2) is 17.1 Å². The van der Waals surface area contributed by atoms with Crippen molar-refractivity contribution < 1.29 is 4.74 Å². The van der Waals surface area contributed by atoms with Gasteiger partial charge in [0, 0.05) is 0 Å². The Morgan fingerprint density at radius 1 is 1.19 bits per heavy atom. The highest BCUT2D eigenvalue weighted by Crippen LogP contribution is 2.33. The van der Waals surface area contributed by atoms with E-state index in [1.165, 1.54) is 7.11 Å². The molecule has 5 heteroatoms. The first-order chi connectivity index (χ1) is 7.72. The molecule has 0 unspecified atom stereocenters. The van der Waals surface area contributed by atoms with Crippen LogP contribution in [0.5, 0.6) is 5.88 Å². The predicted octanol–water partition coefficient (Wildman–Crippen LogP) is 2.39. The Balaban J connectivity index is 2.64. The summed E-state index contributed by atoms with van der Waals surface area (Å²) in [5.41, 5.74) is 7.37. The van der Waals surface area contributed by atoms with Gasteiger partial charge in [-0.2, -0.15) is 4.98 Å². The average Bonchev–Trinajstić information content (AvgIpc) is 2.29. The van der Waals surface area contributed by atoms with Crippen LogP contribution in [0.1, 0.15) is 0 Å². The van der Waals surface area contributed by atoms with Gasteiger partial charge < -0.3 is 10.5 Å². The highest BCUT2D eigenvalue weighted by molar-refractivity contribution is 6.28. The van der Waals surface area contributed by atoms with Gasteiger partial charge in [0.15, 0.2) is 0 Å². The highest BCUT2D eigenvalue weighted by Gasteiger charge is 2.13. The van der Waals surface area contributed by atoms with Crippen LogP contribution in [0, 0.1) is 0 Å². The van der Waals surface area contributed by atoms with Crippen LogP contribution in [-0.2, 0) is 0 Å². The molecule has 2 N–H and O–H groups in total. The molecule has 1 aromatic carbocycles. The smallest absolute Gasteiger partial charge is 0.227 e. The maximum absolute atomic E-state index is 5.81. The van der Waals surface area contributed by atoms with Gasteiger partial charge in [-0.15, -0.1) is 0 Å². The van der Waals surface area contributed by atoms with Crippen LogP contribution >= 0.6 is 11.6 Å². The van der Waals surface area contributed by atoms with E-state index in [4.69, 9.17) is 22.1 Å². The zero-order valence-corrected chi connectivity index (χ0v) is 9.40. The summed E-state index contributed by atoms with van der Waals surface area (Å²) < 4.78 is 5.15. The highest BCUT2D eigenvalue weighted by atomic mass is 35.5. The second-order valence-electron chi connectivity index (χ2n) is 3.13. The number of rotatable bonds is 2. The number of nitrogens with zero attached hydrogens (tertiary/aromatic N) is 2. The van der Waals surface area contributed by atoms with Crippen molar-refractivity contribution in [3.8, 4) is 17.0 Å².